The molecule has 0 radical (unpaired) electrons. The topological polar surface area (TPSA) is 365 Å². The van der Waals surface area contributed by atoms with E-state index in [9.17, 15) is 23.4 Å². The third kappa shape index (κ3) is 22.3. The predicted octanol–water partition coefficient (Wildman–Crippen LogP) is 12.8. The van der Waals surface area contributed by atoms with Gasteiger partial charge in [-0.25, -0.2) is 4.79 Å². The summed E-state index contributed by atoms with van der Waals surface area (Å²) in [6, 6.07) is -0.651. The monoisotopic (exact) mass is 1540 g/mol. The molecule has 0 aromatic heterocycles. The van der Waals surface area contributed by atoms with Crippen molar-refractivity contribution in [3.8, 4) is 0 Å². The van der Waals surface area contributed by atoms with Crippen molar-refractivity contribution in [1.29, 1.82) is 0 Å². The molecule has 0 bridgehead atoms. The molecule has 11 rings (SSSR count). The molecular formula is C71H132N6O24SSi2. The third-order valence-electron chi connectivity index (χ3n) is 22.0. The highest BCUT2D eigenvalue weighted by Crippen LogP contribution is 2.49. The molecule has 0 aliphatic carbocycles. The van der Waals surface area contributed by atoms with Crippen LogP contribution >= 0.6 is 0 Å². The first-order valence-corrected chi connectivity index (χ1v) is 44.8. The van der Waals surface area contributed by atoms with Gasteiger partial charge in [-0.15, -0.1) is 0 Å². The maximum Gasteiger partial charge on any atom is 0.335 e. The molecule has 604 valence electrons. The molecule has 11 heterocycles. The van der Waals surface area contributed by atoms with Crippen LogP contribution in [0.5, 0.6) is 0 Å². The molecule has 11 saturated heterocycles. The molecule has 0 spiro atoms. The summed E-state index contributed by atoms with van der Waals surface area (Å²) >= 11 is 0. The number of aliphatic hydroxyl groups is 2. The molecule has 0 saturated carbocycles. The molecule has 0 unspecified atom stereocenters. The van der Waals surface area contributed by atoms with E-state index in [1.165, 1.54) is 0 Å². The zero-order valence-corrected chi connectivity index (χ0v) is 71.2. The van der Waals surface area contributed by atoms with E-state index in [1.54, 1.807) is 27.7 Å². The van der Waals surface area contributed by atoms with Crippen LogP contribution in [0.15, 0.2) is 10.2 Å². The predicted molar refractivity (Wildman–Crippen MR) is 389 cm³/mol. The van der Waals surface area contributed by atoms with Gasteiger partial charge in [-0.2, -0.15) is 8.42 Å². The number of hydrogen-bond donors (Lipinski definition) is 2. The highest BCUT2D eigenvalue weighted by Gasteiger charge is 2.60. The van der Waals surface area contributed by atoms with Gasteiger partial charge in [0, 0.05) is 45.3 Å². The zero-order valence-electron chi connectivity index (χ0n) is 68.4. The minimum absolute atomic E-state index is 0.00789. The standard InChI is InChI=1S/C17H34O4Si.C16H32O4Si.C11H20O6S.C10H17N3O3.C10H18O4.C7H11N3O3/c1-10-12(21-22(8,9)16(3,4)5)13-11(2)14-15(18-13)20-17(6,7)19-14;1-10-12(11(2)20-21(8,9)15(3,4)5)17-14-13(10)18-16(6,7)19-14;1-6-8(7(2)17-18(5,12)13)14-10-9(6)15-11(3,4)16-10;1-5-7(6(2)12-13-11)14-9-8(5)15-10(3,4)16-9;1-5-7(6(2)11)12-9-8(5)13-10(3,4)14-9;1-3-5(11)7(12)13-6(3)4(2)9-10-8/h11-15H,10H2,1-9H3;10-14H,1-9H3;6-10H,1-5H3;5-9H,1-4H3;5-9,11H,1-4H3;3-6,11H,1-2H3/t11-,12-,13+,14-,15-;10-,11-,12+,13-,14-;6-,7-,8+,9-,10-;5-,6+,7+,8-,9-;5-,6-,7+,8-,9-;3-,4-,5+,6-/m111110/s1. The van der Waals surface area contributed by atoms with Crippen molar-refractivity contribution in [1.82, 2.24) is 0 Å². The number of ether oxygens (including phenoxy) is 16. The summed E-state index contributed by atoms with van der Waals surface area (Å²) in [5.74, 6) is -2.97. The van der Waals surface area contributed by atoms with E-state index in [0.29, 0.717) is 0 Å². The van der Waals surface area contributed by atoms with Crippen molar-refractivity contribution in [2.75, 3.05) is 6.26 Å². The Morgan fingerprint density at radius 3 is 1.07 bits per heavy atom. The molecule has 0 amide bonds. The van der Waals surface area contributed by atoms with E-state index in [0.717, 1.165) is 12.7 Å². The number of nitrogens with zero attached hydrogens (tertiary/aromatic N) is 6. The SMILES string of the molecule is CC[C@@H](O[Si](C)(C)C(C)(C)C)[C@H]1O[C@@H]2OC(C)(C)O[C@@H]2[C@@H]1C.C[C@@H]1[C@@H]([C@H](C)N=[N+]=[N-])OC(=O)[C@@H]1O.C[C@H]1[C@H]2OC(C)(C)O[C@H]2O[C@@H]1[C@@H](C)O.C[C@H]1[C@H]2OC(C)(C)O[C@H]2O[C@@H]1[C@@H](C)OS(C)(=O)=O.C[C@H]1[C@H]2OC(C)(C)O[C@H]2O[C@@H]1[C@@H](C)O[Si](C)(C)C(C)(C)C.C[C@H]1[C@H]2OC(C)(C)O[C@H]2O[C@@H]1[C@H](C)N=[N+]=[N-]. The van der Waals surface area contributed by atoms with E-state index >= 15 is 0 Å². The molecule has 33 heteroatoms. The van der Waals surface area contributed by atoms with Crippen molar-refractivity contribution in [3.05, 3.63) is 20.9 Å². The van der Waals surface area contributed by atoms with E-state index in [4.69, 9.17) is 99.9 Å². The molecule has 30 nitrogen and oxygen atoms in total. The number of carbonyl (C=O) groups is 1. The summed E-state index contributed by atoms with van der Waals surface area (Å²) in [5, 5.41) is 26.2. The summed E-state index contributed by atoms with van der Waals surface area (Å²) in [6.07, 6.45) is -3.02. The first-order chi connectivity index (χ1) is 47.2. The molecule has 104 heavy (non-hydrogen) atoms. The second-order valence-corrected chi connectivity index (χ2v) is 46.5. The lowest BCUT2D eigenvalue weighted by atomic mass is 9.96. The first-order valence-electron chi connectivity index (χ1n) is 37.2. The number of hydrogen-bond acceptors (Lipinski definition) is 26. The minimum Gasteiger partial charge on any atom is -0.460 e. The van der Waals surface area contributed by atoms with Crippen LogP contribution in [0.2, 0.25) is 36.3 Å². The summed E-state index contributed by atoms with van der Waals surface area (Å²) in [5.41, 5.74) is 16.6. The van der Waals surface area contributed by atoms with E-state index < -0.39 is 98.4 Å². The fourth-order valence-electron chi connectivity index (χ4n) is 14.5. The fourth-order valence-corrected chi connectivity index (χ4v) is 18.0. The highest BCUT2D eigenvalue weighted by molar-refractivity contribution is 7.86. The second kappa shape index (κ2) is 33.9. The van der Waals surface area contributed by atoms with E-state index in [1.807, 2.05) is 96.9 Å². The Bertz CT molecular complexity index is 3050. The molecule has 11 fully saturated rings. The van der Waals surface area contributed by atoms with Crippen LogP contribution in [-0.2, 0) is 104 Å². The van der Waals surface area contributed by atoms with Crippen molar-refractivity contribution in [3.63, 3.8) is 0 Å². The fraction of sp³-hybridized carbons (Fsp3) is 0.986. The normalized spacial score (nSPS) is 39.7. The number of azide groups is 2. The average molecular weight is 1540 g/mol. The molecule has 29 atom stereocenters. The molecule has 11 aliphatic rings. The first kappa shape index (κ1) is 90.6. The number of aliphatic hydroxyl groups excluding tert-OH is 2. The van der Waals surface area contributed by atoms with Gasteiger partial charge in [0.15, 0.2) is 83.1 Å². The molecule has 2 N–H and O–H groups in total. The lowest BCUT2D eigenvalue weighted by Gasteiger charge is -2.41. The number of fused-ring (bicyclic) bond motifs is 5. The van der Waals surface area contributed by atoms with Crippen LogP contribution in [0.3, 0.4) is 0 Å². The smallest absolute Gasteiger partial charge is 0.335 e. The van der Waals surface area contributed by atoms with Crippen molar-refractivity contribution in [2.24, 2.45) is 45.7 Å². The van der Waals surface area contributed by atoms with Crippen LogP contribution in [0.4, 0.5) is 0 Å². The summed E-state index contributed by atoms with van der Waals surface area (Å²) in [6.45, 7) is 64.9. The molecule has 11 aliphatic heterocycles. The lowest BCUT2D eigenvalue weighted by molar-refractivity contribution is -0.219. The van der Waals surface area contributed by atoms with Gasteiger partial charge in [0.05, 0.1) is 67.2 Å². The van der Waals surface area contributed by atoms with Gasteiger partial charge in [-0.1, -0.05) is 114 Å². The number of rotatable bonds is 15. The van der Waals surface area contributed by atoms with Gasteiger partial charge in [0.2, 0.25) is 0 Å². The summed E-state index contributed by atoms with van der Waals surface area (Å²) in [4.78, 5) is 16.3. The van der Waals surface area contributed by atoms with Gasteiger partial charge >= 0.3 is 5.97 Å². The van der Waals surface area contributed by atoms with E-state index in [-0.39, 0.29) is 150 Å². The zero-order chi connectivity index (χ0) is 79.3. The Balaban J connectivity index is 0.000000198. The quantitative estimate of drug-likeness (QED) is 0.0384. The third-order valence-corrected chi connectivity index (χ3v) is 31.8. The van der Waals surface area contributed by atoms with Gasteiger partial charge in [-0.3, -0.25) is 4.18 Å². The maximum atomic E-state index is 11.1. The van der Waals surface area contributed by atoms with Crippen LogP contribution in [0.25, 0.3) is 20.9 Å². The van der Waals surface area contributed by atoms with Crippen molar-refractivity contribution in [2.45, 2.75) is 407 Å². The van der Waals surface area contributed by atoms with Crippen LogP contribution < -0.4 is 0 Å². The number of cyclic esters (lactones) is 1. The number of esters is 1. The Hall–Kier alpha value is -2.33. The summed E-state index contributed by atoms with van der Waals surface area (Å²) < 4.78 is 132. The van der Waals surface area contributed by atoms with Crippen LogP contribution in [0.1, 0.15) is 200 Å². The van der Waals surface area contributed by atoms with Crippen molar-refractivity contribution >= 4 is 32.7 Å². The van der Waals surface area contributed by atoms with Gasteiger partial charge < -0.3 is 94.9 Å². The lowest BCUT2D eigenvalue weighted by Crippen LogP contribution is -2.48. The average Bonchev–Trinajstić information content (AvgIpc) is 1.64. The van der Waals surface area contributed by atoms with Crippen LogP contribution in [-0.4, -0.2) is 218 Å². The highest BCUT2D eigenvalue weighted by atomic mass is 32.2. The Kier molecular flexibility index (Phi) is 29.6. The second-order valence-electron chi connectivity index (χ2n) is 35.4. The largest absolute Gasteiger partial charge is 0.460 e. The Morgan fingerprint density at radius 1 is 0.481 bits per heavy atom. The van der Waals surface area contributed by atoms with Crippen molar-refractivity contribution < 1.29 is 112 Å². The maximum absolute atomic E-state index is 11.1. The molecular weight excluding hydrogens is 1410 g/mol. The Morgan fingerprint density at radius 2 is 0.769 bits per heavy atom. The van der Waals surface area contributed by atoms with E-state index in [2.05, 4.69) is 115 Å². The van der Waals surface area contributed by atoms with Gasteiger partial charge in [-0.05, 0) is 144 Å². The van der Waals surface area contributed by atoms with Crippen LogP contribution in [0, 0.1) is 35.5 Å². The summed E-state index contributed by atoms with van der Waals surface area (Å²) in [7, 11) is -7.10. The van der Waals surface area contributed by atoms with Gasteiger partial charge in [0.1, 0.15) is 42.7 Å². The minimum atomic E-state index is -3.49. The molecule has 0 aromatic carbocycles. The molecule has 0 aromatic rings. The Labute approximate surface area is 621 Å². The number of carbonyl (C=O) groups excluding carboxylic acids is 1. The van der Waals surface area contributed by atoms with Gasteiger partial charge in [0.25, 0.3) is 10.1 Å².